The minimum atomic E-state index is 0.0401. The summed E-state index contributed by atoms with van der Waals surface area (Å²) >= 11 is 0. The Morgan fingerprint density at radius 3 is 2.76 bits per heavy atom. The van der Waals surface area contributed by atoms with Gasteiger partial charge in [-0.1, -0.05) is 6.92 Å². The van der Waals surface area contributed by atoms with Gasteiger partial charge < -0.3 is 10.6 Å². The Morgan fingerprint density at radius 2 is 2.18 bits per heavy atom. The van der Waals surface area contributed by atoms with Gasteiger partial charge in [0.25, 0.3) is 0 Å². The predicted molar refractivity (Wildman–Crippen MR) is 66.3 cm³/mol. The lowest BCUT2D eigenvalue weighted by Crippen LogP contribution is -2.35. The maximum Gasteiger partial charge on any atom is 0.225 e. The van der Waals surface area contributed by atoms with Gasteiger partial charge in [-0.3, -0.25) is 9.78 Å². The fourth-order valence-electron chi connectivity index (χ4n) is 2.22. The van der Waals surface area contributed by atoms with E-state index in [1.165, 1.54) is 0 Å². The van der Waals surface area contributed by atoms with E-state index in [1.807, 2.05) is 19.1 Å². The van der Waals surface area contributed by atoms with Crippen LogP contribution in [0, 0.1) is 11.8 Å². The lowest BCUT2D eigenvalue weighted by atomic mass is 9.96. The third-order valence-electron chi connectivity index (χ3n) is 3.42. The van der Waals surface area contributed by atoms with Gasteiger partial charge in [-0.05, 0) is 37.1 Å². The Hall–Kier alpha value is -1.42. The van der Waals surface area contributed by atoms with Crippen molar-refractivity contribution in [3.8, 4) is 0 Å². The number of aromatic nitrogens is 1. The Morgan fingerprint density at radius 1 is 1.47 bits per heavy atom. The molecule has 0 radical (unpaired) electrons. The number of pyridine rings is 1. The van der Waals surface area contributed by atoms with Gasteiger partial charge in [-0.2, -0.15) is 0 Å². The minimum Gasteiger partial charge on any atom is -0.349 e. The van der Waals surface area contributed by atoms with Gasteiger partial charge in [-0.15, -0.1) is 0 Å². The highest BCUT2D eigenvalue weighted by Gasteiger charge is 2.30. The van der Waals surface area contributed by atoms with E-state index in [0.29, 0.717) is 5.92 Å². The first kappa shape index (κ1) is 12.0. The number of hydrogen-bond acceptors (Lipinski definition) is 3. The standard InChI is InChI=1S/C13H19N3O/c1-9-7-15-8-12(9)13(17)16-10(2)11-3-5-14-6-4-11/h3-6,9-10,12,15H,7-8H2,1-2H3,(H,16,17). The zero-order valence-electron chi connectivity index (χ0n) is 10.3. The highest BCUT2D eigenvalue weighted by Crippen LogP contribution is 2.18. The summed E-state index contributed by atoms with van der Waals surface area (Å²) < 4.78 is 0. The molecule has 1 aromatic heterocycles. The van der Waals surface area contributed by atoms with Crippen LogP contribution < -0.4 is 10.6 Å². The second-order valence-electron chi connectivity index (χ2n) is 4.75. The fraction of sp³-hybridized carbons (Fsp3) is 0.538. The Kier molecular flexibility index (Phi) is 3.74. The number of nitrogens with zero attached hydrogens (tertiary/aromatic N) is 1. The van der Waals surface area contributed by atoms with E-state index >= 15 is 0 Å². The van der Waals surface area contributed by atoms with E-state index in [-0.39, 0.29) is 17.9 Å². The molecule has 1 aromatic rings. The molecule has 1 aliphatic rings. The van der Waals surface area contributed by atoms with Crippen LogP contribution in [0.3, 0.4) is 0 Å². The molecule has 0 saturated carbocycles. The minimum absolute atomic E-state index is 0.0401. The highest BCUT2D eigenvalue weighted by atomic mass is 16.2. The van der Waals surface area contributed by atoms with Crippen molar-refractivity contribution < 1.29 is 4.79 Å². The van der Waals surface area contributed by atoms with E-state index < -0.39 is 0 Å². The van der Waals surface area contributed by atoms with Gasteiger partial charge in [0, 0.05) is 18.9 Å². The Labute approximate surface area is 102 Å². The molecule has 2 N–H and O–H groups in total. The highest BCUT2D eigenvalue weighted by molar-refractivity contribution is 5.80. The summed E-state index contributed by atoms with van der Waals surface area (Å²) in [4.78, 5) is 16.0. The van der Waals surface area contributed by atoms with Crippen LogP contribution in [-0.2, 0) is 4.79 Å². The number of nitrogens with one attached hydrogen (secondary N) is 2. The van der Waals surface area contributed by atoms with Crippen LogP contribution in [0.4, 0.5) is 0 Å². The first-order chi connectivity index (χ1) is 8.18. The average molecular weight is 233 g/mol. The third kappa shape index (κ3) is 2.82. The summed E-state index contributed by atoms with van der Waals surface area (Å²) in [6, 6.07) is 3.90. The monoisotopic (exact) mass is 233 g/mol. The molecule has 1 aliphatic heterocycles. The Balaban J connectivity index is 1.95. The Bertz CT molecular complexity index is 380. The van der Waals surface area contributed by atoms with Crippen LogP contribution in [0.15, 0.2) is 24.5 Å². The first-order valence-electron chi connectivity index (χ1n) is 6.09. The van der Waals surface area contributed by atoms with Crippen LogP contribution in [0.2, 0.25) is 0 Å². The van der Waals surface area contributed by atoms with E-state index in [2.05, 4.69) is 22.5 Å². The number of carbonyl (C=O) groups is 1. The lowest BCUT2D eigenvalue weighted by Gasteiger charge is -2.19. The molecule has 3 atom stereocenters. The summed E-state index contributed by atoms with van der Waals surface area (Å²) in [5.74, 6) is 0.658. The largest absolute Gasteiger partial charge is 0.349 e. The molecule has 4 heteroatoms. The normalized spacial score (nSPS) is 25.5. The zero-order valence-corrected chi connectivity index (χ0v) is 10.3. The molecule has 92 valence electrons. The molecule has 17 heavy (non-hydrogen) atoms. The molecule has 1 amide bonds. The molecule has 0 aromatic carbocycles. The SMILES string of the molecule is CC(NC(=O)C1CNCC1C)c1ccncc1. The molecular weight excluding hydrogens is 214 g/mol. The van der Waals surface area contributed by atoms with Gasteiger partial charge in [0.2, 0.25) is 5.91 Å². The van der Waals surface area contributed by atoms with Crippen molar-refractivity contribution in [2.24, 2.45) is 11.8 Å². The van der Waals surface area contributed by atoms with Crippen LogP contribution in [0.5, 0.6) is 0 Å². The number of carbonyl (C=O) groups excluding carboxylic acids is 1. The van der Waals surface area contributed by atoms with Crippen molar-refractivity contribution in [3.63, 3.8) is 0 Å². The van der Waals surface area contributed by atoms with Gasteiger partial charge >= 0.3 is 0 Å². The lowest BCUT2D eigenvalue weighted by molar-refractivity contribution is -0.126. The number of rotatable bonds is 3. The quantitative estimate of drug-likeness (QED) is 0.822. The third-order valence-corrected chi connectivity index (χ3v) is 3.42. The second-order valence-corrected chi connectivity index (χ2v) is 4.75. The summed E-state index contributed by atoms with van der Waals surface area (Å²) in [6.45, 7) is 5.83. The number of amides is 1. The van der Waals surface area contributed by atoms with Crippen LogP contribution in [0.25, 0.3) is 0 Å². The van der Waals surface area contributed by atoms with Crippen LogP contribution in [-0.4, -0.2) is 24.0 Å². The summed E-state index contributed by atoms with van der Waals surface area (Å²) in [5.41, 5.74) is 1.09. The summed E-state index contributed by atoms with van der Waals surface area (Å²) in [5, 5.41) is 6.31. The fourth-order valence-corrected chi connectivity index (χ4v) is 2.22. The predicted octanol–water partition coefficient (Wildman–Crippen LogP) is 1.11. The van der Waals surface area contributed by atoms with Gasteiger partial charge in [0.05, 0.1) is 12.0 Å². The molecule has 1 fully saturated rings. The van der Waals surface area contributed by atoms with Crippen molar-refractivity contribution in [2.75, 3.05) is 13.1 Å². The molecule has 2 rings (SSSR count). The zero-order chi connectivity index (χ0) is 12.3. The molecule has 2 heterocycles. The van der Waals surface area contributed by atoms with Crippen molar-refractivity contribution in [1.82, 2.24) is 15.6 Å². The smallest absolute Gasteiger partial charge is 0.225 e. The van der Waals surface area contributed by atoms with E-state index in [1.54, 1.807) is 12.4 Å². The first-order valence-corrected chi connectivity index (χ1v) is 6.09. The van der Waals surface area contributed by atoms with Crippen molar-refractivity contribution in [3.05, 3.63) is 30.1 Å². The maximum absolute atomic E-state index is 12.1. The van der Waals surface area contributed by atoms with Crippen LogP contribution >= 0.6 is 0 Å². The molecular formula is C13H19N3O. The van der Waals surface area contributed by atoms with Gasteiger partial charge in [0.1, 0.15) is 0 Å². The van der Waals surface area contributed by atoms with Crippen molar-refractivity contribution >= 4 is 5.91 Å². The molecule has 3 unspecified atom stereocenters. The number of hydrogen-bond donors (Lipinski definition) is 2. The molecule has 4 nitrogen and oxygen atoms in total. The van der Waals surface area contributed by atoms with Crippen molar-refractivity contribution in [1.29, 1.82) is 0 Å². The van der Waals surface area contributed by atoms with Gasteiger partial charge in [0.15, 0.2) is 0 Å². The molecule has 1 saturated heterocycles. The second kappa shape index (κ2) is 5.27. The van der Waals surface area contributed by atoms with E-state index in [0.717, 1.165) is 18.7 Å². The van der Waals surface area contributed by atoms with Crippen LogP contribution in [0.1, 0.15) is 25.5 Å². The van der Waals surface area contributed by atoms with E-state index in [9.17, 15) is 4.79 Å². The average Bonchev–Trinajstić information content (AvgIpc) is 2.76. The van der Waals surface area contributed by atoms with Gasteiger partial charge in [-0.25, -0.2) is 0 Å². The molecule has 0 bridgehead atoms. The van der Waals surface area contributed by atoms with E-state index in [4.69, 9.17) is 0 Å². The molecule has 0 spiro atoms. The maximum atomic E-state index is 12.1. The summed E-state index contributed by atoms with van der Waals surface area (Å²) in [6.07, 6.45) is 3.50. The topological polar surface area (TPSA) is 54.0 Å². The molecule has 0 aliphatic carbocycles. The van der Waals surface area contributed by atoms with Crippen molar-refractivity contribution in [2.45, 2.75) is 19.9 Å². The summed E-state index contributed by atoms with van der Waals surface area (Å²) in [7, 11) is 0.